The summed E-state index contributed by atoms with van der Waals surface area (Å²) in [6, 6.07) is 14.5. The zero-order chi connectivity index (χ0) is 13.0. The Balaban J connectivity index is 2.06. The third-order valence-electron chi connectivity index (χ3n) is 3.13. The van der Waals surface area contributed by atoms with Gasteiger partial charge < -0.3 is 11.1 Å². The molecule has 0 aliphatic carbocycles. The molecule has 0 saturated carbocycles. The van der Waals surface area contributed by atoms with Gasteiger partial charge in [-0.1, -0.05) is 49.4 Å². The highest BCUT2D eigenvalue weighted by Gasteiger charge is 2.07. The summed E-state index contributed by atoms with van der Waals surface area (Å²) in [4.78, 5) is 10.9. The smallest absolute Gasteiger partial charge is 0.221 e. The highest BCUT2D eigenvalue weighted by molar-refractivity contribution is 5.85. The zero-order valence-electron chi connectivity index (χ0n) is 10.5. The molecular weight excluding hydrogens is 224 g/mol. The highest BCUT2D eigenvalue weighted by Crippen LogP contribution is 2.18. The van der Waals surface area contributed by atoms with Gasteiger partial charge in [0.1, 0.15) is 0 Å². The van der Waals surface area contributed by atoms with E-state index >= 15 is 0 Å². The first-order chi connectivity index (χ1) is 8.68. The van der Waals surface area contributed by atoms with Crippen molar-refractivity contribution in [2.24, 2.45) is 11.7 Å². The third kappa shape index (κ3) is 2.87. The molecule has 0 aromatic heterocycles. The Bertz CT molecular complexity index is 546. The van der Waals surface area contributed by atoms with Gasteiger partial charge in [0.05, 0.1) is 0 Å². The van der Waals surface area contributed by atoms with E-state index in [4.69, 9.17) is 5.73 Å². The molecule has 0 spiro atoms. The molecule has 1 amide bonds. The van der Waals surface area contributed by atoms with Crippen LogP contribution in [0.3, 0.4) is 0 Å². The molecule has 0 aliphatic heterocycles. The van der Waals surface area contributed by atoms with Crippen molar-refractivity contribution in [3.63, 3.8) is 0 Å². The van der Waals surface area contributed by atoms with Crippen LogP contribution in [0.25, 0.3) is 10.8 Å². The summed E-state index contributed by atoms with van der Waals surface area (Å²) in [6.45, 7) is 3.19. The van der Waals surface area contributed by atoms with Gasteiger partial charge in [-0.2, -0.15) is 0 Å². The summed E-state index contributed by atoms with van der Waals surface area (Å²) in [5.41, 5.74) is 6.47. The predicted octanol–water partition coefficient (Wildman–Crippen LogP) is 2.05. The number of benzene rings is 2. The number of fused-ring (bicyclic) bond motifs is 1. The summed E-state index contributed by atoms with van der Waals surface area (Å²) < 4.78 is 0. The Morgan fingerprint density at radius 3 is 2.72 bits per heavy atom. The Kier molecular flexibility index (Phi) is 3.95. The van der Waals surface area contributed by atoms with Crippen LogP contribution in [0.1, 0.15) is 12.5 Å². The largest absolute Gasteiger partial charge is 0.369 e. The molecule has 0 saturated heterocycles. The van der Waals surface area contributed by atoms with Crippen LogP contribution in [0.2, 0.25) is 0 Å². The van der Waals surface area contributed by atoms with Crippen molar-refractivity contribution in [1.82, 2.24) is 5.32 Å². The van der Waals surface area contributed by atoms with E-state index in [2.05, 4.69) is 35.6 Å². The average molecular weight is 242 g/mol. The molecule has 0 radical (unpaired) electrons. The number of amides is 1. The van der Waals surface area contributed by atoms with Crippen molar-refractivity contribution in [2.75, 3.05) is 6.54 Å². The average Bonchev–Trinajstić information content (AvgIpc) is 2.38. The van der Waals surface area contributed by atoms with Crippen molar-refractivity contribution in [2.45, 2.75) is 13.5 Å². The lowest BCUT2D eigenvalue weighted by Crippen LogP contribution is -2.30. The van der Waals surface area contributed by atoms with Crippen molar-refractivity contribution < 1.29 is 4.79 Å². The highest BCUT2D eigenvalue weighted by atomic mass is 16.1. The molecule has 2 aromatic rings. The topological polar surface area (TPSA) is 55.1 Å². The van der Waals surface area contributed by atoms with Gasteiger partial charge in [-0.3, -0.25) is 4.79 Å². The van der Waals surface area contributed by atoms with Crippen molar-refractivity contribution in [3.8, 4) is 0 Å². The lowest BCUT2D eigenvalue weighted by atomic mass is 10.0. The van der Waals surface area contributed by atoms with Crippen LogP contribution in [0, 0.1) is 5.92 Å². The second-order valence-electron chi connectivity index (χ2n) is 4.57. The van der Waals surface area contributed by atoms with Gasteiger partial charge in [-0.15, -0.1) is 0 Å². The Labute approximate surface area is 107 Å². The van der Waals surface area contributed by atoms with E-state index in [0.29, 0.717) is 6.54 Å². The minimum absolute atomic E-state index is 0.139. The minimum atomic E-state index is -0.264. The monoisotopic (exact) mass is 242 g/mol. The quantitative estimate of drug-likeness (QED) is 0.843. The maximum Gasteiger partial charge on any atom is 0.221 e. The van der Waals surface area contributed by atoms with Gasteiger partial charge >= 0.3 is 0 Å². The molecule has 3 nitrogen and oxygen atoms in total. The van der Waals surface area contributed by atoms with Crippen molar-refractivity contribution in [1.29, 1.82) is 0 Å². The molecule has 2 rings (SSSR count). The summed E-state index contributed by atoms with van der Waals surface area (Å²) in [5, 5.41) is 5.76. The lowest BCUT2D eigenvalue weighted by Gasteiger charge is -2.10. The molecule has 94 valence electrons. The number of nitrogens with two attached hydrogens (primary N) is 1. The van der Waals surface area contributed by atoms with Crippen LogP contribution >= 0.6 is 0 Å². The van der Waals surface area contributed by atoms with E-state index in [1.165, 1.54) is 16.3 Å². The molecule has 1 unspecified atom stereocenters. The van der Waals surface area contributed by atoms with E-state index in [-0.39, 0.29) is 11.8 Å². The Morgan fingerprint density at radius 1 is 1.22 bits per heavy atom. The molecule has 0 aliphatic rings. The fourth-order valence-electron chi connectivity index (χ4n) is 1.97. The van der Waals surface area contributed by atoms with Gasteiger partial charge in [0, 0.05) is 19.0 Å². The van der Waals surface area contributed by atoms with Crippen LogP contribution in [-0.2, 0) is 11.3 Å². The summed E-state index contributed by atoms with van der Waals surface area (Å²) in [7, 11) is 0. The first-order valence-corrected chi connectivity index (χ1v) is 6.15. The van der Waals surface area contributed by atoms with Crippen LogP contribution in [0.4, 0.5) is 0 Å². The first-order valence-electron chi connectivity index (χ1n) is 6.15. The van der Waals surface area contributed by atoms with Crippen LogP contribution in [-0.4, -0.2) is 12.5 Å². The number of rotatable bonds is 5. The molecule has 2 aromatic carbocycles. The second kappa shape index (κ2) is 5.65. The van der Waals surface area contributed by atoms with Gasteiger partial charge in [0.25, 0.3) is 0 Å². The second-order valence-corrected chi connectivity index (χ2v) is 4.57. The number of nitrogens with one attached hydrogen (secondary N) is 1. The molecular formula is C15H18N2O. The summed E-state index contributed by atoms with van der Waals surface area (Å²) in [5.74, 6) is -0.402. The number of hydrogen-bond acceptors (Lipinski definition) is 2. The van der Waals surface area contributed by atoms with Gasteiger partial charge in [0.15, 0.2) is 0 Å². The summed E-state index contributed by atoms with van der Waals surface area (Å²) in [6.07, 6.45) is 0. The van der Waals surface area contributed by atoms with E-state index in [0.717, 1.165) is 6.54 Å². The van der Waals surface area contributed by atoms with E-state index in [1.54, 1.807) is 0 Å². The molecule has 3 heteroatoms. The number of carbonyl (C=O) groups excluding carboxylic acids is 1. The Hall–Kier alpha value is -1.87. The SMILES string of the molecule is CC(CNCc1cccc2ccccc12)C(N)=O. The van der Waals surface area contributed by atoms with Crippen molar-refractivity contribution in [3.05, 3.63) is 48.0 Å². The normalized spacial score (nSPS) is 12.5. The van der Waals surface area contributed by atoms with Gasteiger partial charge in [-0.25, -0.2) is 0 Å². The molecule has 0 fully saturated rings. The van der Waals surface area contributed by atoms with Crippen LogP contribution in [0.15, 0.2) is 42.5 Å². The van der Waals surface area contributed by atoms with E-state index in [9.17, 15) is 4.79 Å². The maximum absolute atomic E-state index is 10.9. The lowest BCUT2D eigenvalue weighted by molar-refractivity contribution is -0.121. The third-order valence-corrected chi connectivity index (χ3v) is 3.13. The molecule has 3 N–H and O–H groups in total. The predicted molar refractivity (Wildman–Crippen MR) is 74.0 cm³/mol. The Morgan fingerprint density at radius 2 is 1.94 bits per heavy atom. The molecule has 0 bridgehead atoms. The first kappa shape index (κ1) is 12.6. The fraction of sp³-hybridized carbons (Fsp3) is 0.267. The number of carbonyl (C=O) groups is 1. The van der Waals surface area contributed by atoms with Crippen LogP contribution in [0.5, 0.6) is 0 Å². The fourth-order valence-corrected chi connectivity index (χ4v) is 1.97. The summed E-state index contributed by atoms with van der Waals surface area (Å²) >= 11 is 0. The number of hydrogen-bond donors (Lipinski definition) is 2. The molecule has 1 atom stereocenters. The van der Waals surface area contributed by atoms with E-state index in [1.807, 2.05) is 19.1 Å². The van der Waals surface area contributed by atoms with Crippen molar-refractivity contribution >= 4 is 16.7 Å². The van der Waals surface area contributed by atoms with Crippen LogP contribution < -0.4 is 11.1 Å². The van der Waals surface area contributed by atoms with Gasteiger partial charge in [-0.05, 0) is 16.3 Å². The molecule has 18 heavy (non-hydrogen) atoms. The maximum atomic E-state index is 10.9. The zero-order valence-corrected chi connectivity index (χ0v) is 10.5. The minimum Gasteiger partial charge on any atom is -0.369 e. The number of primary amides is 1. The van der Waals surface area contributed by atoms with E-state index < -0.39 is 0 Å². The van der Waals surface area contributed by atoms with Gasteiger partial charge in [0.2, 0.25) is 5.91 Å². The standard InChI is InChI=1S/C15H18N2O/c1-11(15(16)18)9-17-10-13-7-4-6-12-5-2-3-8-14(12)13/h2-8,11,17H,9-10H2,1H3,(H2,16,18). The molecule has 0 heterocycles.